The molecule has 2 heterocycles. The van der Waals surface area contributed by atoms with Crippen LogP contribution in [0.15, 0.2) is 24.5 Å². The van der Waals surface area contributed by atoms with E-state index in [-0.39, 0.29) is 17.1 Å². The van der Waals surface area contributed by atoms with Crippen LogP contribution in [0.2, 0.25) is 0 Å². The molecule has 0 radical (unpaired) electrons. The molecule has 0 atom stereocenters. The largest absolute Gasteiger partial charge is 0.478 e. The van der Waals surface area contributed by atoms with E-state index in [2.05, 4.69) is 21.8 Å². The first-order valence-corrected chi connectivity index (χ1v) is 7.55. The molecule has 1 aliphatic heterocycles. The van der Waals surface area contributed by atoms with Gasteiger partial charge < -0.3 is 20.6 Å². The second-order valence-electron chi connectivity index (χ2n) is 5.76. The van der Waals surface area contributed by atoms with E-state index in [1.807, 2.05) is 12.1 Å². The Balaban J connectivity index is 2.01. The summed E-state index contributed by atoms with van der Waals surface area (Å²) >= 11 is 0. The standard InChI is InChI=1S/C16H18N6O2/c1-20-4-6-21(7-5-20)11-2-3-14(12(8-11)16(23)24)22-10-19-13(9-17)15(22)18/h2-3,8,10H,4-7,18H2,1H3,(H,23,24). The molecule has 2 aromatic rings. The summed E-state index contributed by atoms with van der Waals surface area (Å²) in [6, 6.07) is 7.11. The molecule has 0 aliphatic carbocycles. The molecule has 1 saturated heterocycles. The van der Waals surface area contributed by atoms with Gasteiger partial charge in [-0.25, -0.2) is 9.78 Å². The average molecular weight is 326 g/mol. The first-order valence-electron chi connectivity index (χ1n) is 7.55. The minimum atomic E-state index is -1.05. The van der Waals surface area contributed by atoms with Crippen LogP contribution in [0.3, 0.4) is 0 Å². The fourth-order valence-electron chi connectivity index (χ4n) is 2.80. The quantitative estimate of drug-likeness (QED) is 0.857. The van der Waals surface area contributed by atoms with E-state index >= 15 is 0 Å². The van der Waals surface area contributed by atoms with Gasteiger partial charge in [0.15, 0.2) is 5.69 Å². The molecule has 0 saturated carbocycles. The third-order valence-corrected chi connectivity index (χ3v) is 4.25. The molecular formula is C16H18N6O2. The fraction of sp³-hybridized carbons (Fsp3) is 0.312. The van der Waals surface area contributed by atoms with Crippen molar-refractivity contribution >= 4 is 17.5 Å². The van der Waals surface area contributed by atoms with Crippen LogP contribution >= 0.6 is 0 Å². The summed E-state index contributed by atoms with van der Waals surface area (Å²) in [7, 11) is 2.07. The van der Waals surface area contributed by atoms with Gasteiger partial charge in [0.2, 0.25) is 0 Å². The van der Waals surface area contributed by atoms with Crippen molar-refractivity contribution < 1.29 is 9.90 Å². The van der Waals surface area contributed by atoms with Gasteiger partial charge in [-0.2, -0.15) is 5.26 Å². The third-order valence-electron chi connectivity index (χ3n) is 4.25. The van der Waals surface area contributed by atoms with Crippen molar-refractivity contribution in [3.8, 4) is 11.8 Å². The minimum absolute atomic E-state index is 0.0782. The summed E-state index contributed by atoms with van der Waals surface area (Å²) in [5.41, 5.74) is 7.34. The summed E-state index contributed by atoms with van der Waals surface area (Å²) in [6.07, 6.45) is 1.37. The van der Waals surface area contributed by atoms with Gasteiger partial charge in [0.25, 0.3) is 0 Å². The molecule has 124 valence electrons. The number of nitriles is 1. The third kappa shape index (κ3) is 2.77. The summed E-state index contributed by atoms with van der Waals surface area (Å²) < 4.78 is 1.43. The number of carboxylic acid groups (broad SMARTS) is 1. The number of benzene rings is 1. The molecule has 1 aromatic heterocycles. The number of hydrogen-bond acceptors (Lipinski definition) is 6. The highest BCUT2D eigenvalue weighted by Gasteiger charge is 2.20. The Morgan fingerprint density at radius 2 is 2.04 bits per heavy atom. The van der Waals surface area contributed by atoms with Gasteiger partial charge in [-0.05, 0) is 25.2 Å². The fourth-order valence-corrected chi connectivity index (χ4v) is 2.80. The van der Waals surface area contributed by atoms with Crippen LogP contribution in [0.5, 0.6) is 0 Å². The number of rotatable bonds is 3. The van der Waals surface area contributed by atoms with Gasteiger partial charge in [-0.1, -0.05) is 0 Å². The highest BCUT2D eigenvalue weighted by atomic mass is 16.4. The molecule has 0 bridgehead atoms. The van der Waals surface area contributed by atoms with E-state index in [9.17, 15) is 9.90 Å². The summed E-state index contributed by atoms with van der Waals surface area (Å²) in [4.78, 5) is 20.0. The van der Waals surface area contributed by atoms with Gasteiger partial charge in [-0.3, -0.25) is 4.57 Å². The number of nitrogens with zero attached hydrogens (tertiary/aromatic N) is 5. The topological polar surface area (TPSA) is 111 Å². The zero-order chi connectivity index (χ0) is 17.3. The zero-order valence-corrected chi connectivity index (χ0v) is 13.3. The maximum Gasteiger partial charge on any atom is 0.337 e. The van der Waals surface area contributed by atoms with Crippen molar-refractivity contribution in [3.63, 3.8) is 0 Å². The van der Waals surface area contributed by atoms with Gasteiger partial charge in [0, 0.05) is 31.9 Å². The highest BCUT2D eigenvalue weighted by molar-refractivity contribution is 5.93. The van der Waals surface area contributed by atoms with Crippen molar-refractivity contribution in [2.75, 3.05) is 43.9 Å². The average Bonchev–Trinajstić information content (AvgIpc) is 2.95. The Labute approximate surface area is 139 Å². The van der Waals surface area contributed by atoms with E-state index in [1.165, 1.54) is 10.9 Å². The first-order chi connectivity index (χ1) is 11.5. The maximum absolute atomic E-state index is 11.7. The van der Waals surface area contributed by atoms with Crippen molar-refractivity contribution in [2.45, 2.75) is 0 Å². The second-order valence-corrected chi connectivity index (χ2v) is 5.76. The van der Waals surface area contributed by atoms with E-state index in [1.54, 1.807) is 12.1 Å². The molecule has 0 amide bonds. The minimum Gasteiger partial charge on any atom is -0.478 e. The maximum atomic E-state index is 11.7. The van der Waals surface area contributed by atoms with Gasteiger partial charge in [-0.15, -0.1) is 0 Å². The molecule has 8 heteroatoms. The molecule has 1 fully saturated rings. The van der Waals surface area contributed by atoms with E-state index in [4.69, 9.17) is 11.0 Å². The monoisotopic (exact) mass is 326 g/mol. The normalized spacial score (nSPS) is 15.2. The number of nitrogen functional groups attached to an aromatic ring is 1. The number of likely N-dealkylation sites (N-methyl/N-ethyl adjacent to an activating group) is 1. The number of aromatic carboxylic acids is 1. The Hall–Kier alpha value is -3.05. The van der Waals surface area contributed by atoms with Crippen LogP contribution in [-0.2, 0) is 0 Å². The van der Waals surface area contributed by atoms with E-state index < -0.39 is 5.97 Å². The van der Waals surface area contributed by atoms with Gasteiger partial charge in [0.05, 0.1) is 11.3 Å². The predicted octanol–water partition coefficient (Wildman–Crippen LogP) is 0.776. The highest BCUT2D eigenvalue weighted by Crippen LogP contribution is 2.26. The zero-order valence-electron chi connectivity index (χ0n) is 13.3. The van der Waals surface area contributed by atoms with Crippen LogP contribution < -0.4 is 10.6 Å². The summed E-state index contributed by atoms with van der Waals surface area (Å²) in [5.74, 6) is -0.917. The molecule has 24 heavy (non-hydrogen) atoms. The lowest BCUT2D eigenvalue weighted by molar-refractivity contribution is 0.0697. The van der Waals surface area contributed by atoms with E-state index in [0.717, 1.165) is 31.9 Å². The Morgan fingerprint density at radius 3 is 2.62 bits per heavy atom. The summed E-state index contributed by atoms with van der Waals surface area (Å²) in [6.45, 7) is 3.57. The number of carboxylic acids is 1. The molecule has 1 aliphatic rings. The Bertz CT molecular complexity index is 814. The molecule has 3 rings (SSSR count). The number of nitrogens with two attached hydrogens (primary N) is 1. The predicted molar refractivity (Wildman–Crippen MR) is 89.4 cm³/mol. The number of piperazine rings is 1. The first kappa shape index (κ1) is 15.8. The molecule has 1 aromatic carbocycles. The van der Waals surface area contributed by atoms with Crippen molar-refractivity contribution in [1.29, 1.82) is 5.26 Å². The second kappa shape index (κ2) is 6.22. The number of aromatic nitrogens is 2. The van der Waals surface area contributed by atoms with Gasteiger partial charge in [0.1, 0.15) is 18.2 Å². The van der Waals surface area contributed by atoms with Gasteiger partial charge >= 0.3 is 5.97 Å². The lowest BCUT2D eigenvalue weighted by Gasteiger charge is -2.34. The van der Waals surface area contributed by atoms with E-state index in [0.29, 0.717) is 5.69 Å². The lowest BCUT2D eigenvalue weighted by Crippen LogP contribution is -2.44. The molecule has 0 unspecified atom stereocenters. The van der Waals surface area contributed by atoms with Crippen LogP contribution in [0.1, 0.15) is 16.1 Å². The van der Waals surface area contributed by atoms with Crippen molar-refractivity contribution in [1.82, 2.24) is 14.5 Å². The smallest absolute Gasteiger partial charge is 0.337 e. The number of hydrogen-bond donors (Lipinski definition) is 2. The summed E-state index contributed by atoms with van der Waals surface area (Å²) in [5, 5.41) is 18.5. The van der Waals surface area contributed by atoms with Crippen LogP contribution in [0, 0.1) is 11.3 Å². The van der Waals surface area contributed by atoms with Crippen LogP contribution in [0.4, 0.5) is 11.5 Å². The number of carbonyl (C=O) groups is 1. The van der Waals surface area contributed by atoms with Crippen molar-refractivity contribution in [2.24, 2.45) is 0 Å². The van der Waals surface area contributed by atoms with Crippen LogP contribution in [-0.4, -0.2) is 58.8 Å². The SMILES string of the molecule is CN1CCN(c2ccc(-n3cnc(C#N)c3N)c(C(=O)O)c2)CC1. The molecule has 0 spiro atoms. The number of imidazole rings is 1. The molecule has 8 nitrogen and oxygen atoms in total. The van der Waals surface area contributed by atoms with Crippen LogP contribution in [0.25, 0.3) is 5.69 Å². The van der Waals surface area contributed by atoms with Crippen molar-refractivity contribution in [3.05, 3.63) is 35.8 Å². The number of anilines is 2. The lowest BCUT2D eigenvalue weighted by atomic mass is 10.1. The Kier molecular flexibility index (Phi) is 4.10. The molecule has 3 N–H and O–H groups in total. The molecular weight excluding hydrogens is 308 g/mol. The Morgan fingerprint density at radius 1 is 1.33 bits per heavy atom.